The Morgan fingerprint density at radius 1 is 0.939 bits per heavy atom. The summed E-state index contributed by atoms with van der Waals surface area (Å²) in [7, 11) is 0. The van der Waals surface area contributed by atoms with E-state index in [4.69, 9.17) is 18.0 Å². The van der Waals surface area contributed by atoms with Crippen LogP contribution in [0.2, 0.25) is 0 Å². The van der Waals surface area contributed by atoms with Gasteiger partial charge in [0.25, 0.3) is 0 Å². The van der Waals surface area contributed by atoms with E-state index in [9.17, 15) is 5.26 Å². The number of rotatable bonds is 6. The van der Waals surface area contributed by atoms with Crippen LogP contribution >= 0.6 is 0 Å². The van der Waals surface area contributed by atoms with Crippen molar-refractivity contribution in [1.82, 2.24) is 0 Å². The first-order valence-electron chi connectivity index (χ1n) is 10.5. The minimum absolute atomic E-state index is 0.00675. The predicted octanol–water partition coefficient (Wildman–Crippen LogP) is 7.36. The number of hydrogen-bond acceptors (Lipinski definition) is 6. The zero-order chi connectivity index (χ0) is 22.8. The number of nitriles is 1. The maximum absolute atomic E-state index is 9.97. The highest BCUT2D eigenvalue weighted by Gasteiger charge is 2.26. The Hall–Kier alpha value is -4.50. The molecule has 0 aliphatic rings. The number of benzene rings is 2. The third-order valence-electron chi connectivity index (χ3n) is 5.12. The molecule has 0 amide bonds. The van der Waals surface area contributed by atoms with Crippen LogP contribution in [-0.2, 0) is 0 Å². The lowest BCUT2D eigenvalue weighted by molar-refractivity contribution is 0.242. The van der Waals surface area contributed by atoms with E-state index < -0.39 is 0 Å². The molecule has 3 heterocycles. The second-order valence-corrected chi connectivity index (χ2v) is 7.68. The van der Waals surface area contributed by atoms with Crippen LogP contribution in [0.4, 0.5) is 5.88 Å². The summed E-state index contributed by atoms with van der Waals surface area (Å²) in [6.07, 6.45) is 4.76. The summed E-state index contributed by atoms with van der Waals surface area (Å²) >= 11 is 0. The van der Waals surface area contributed by atoms with Crippen LogP contribution in [0.25, 0.3) is 33.6 Å². The van der Waals surface area contributed by atoms with Gasteiger partial charge in [-0.05, 0) is 55.0 Å². The van der Waals surface area contributed by atoms with Crippen molar-refractivity contribution in [3.05, 3.63) is 84.3 Å². The van der Waals surface area contributed by atoms with Crippen LogP contribution in [0.1, 0.15) is 25.0 Å². The molecule has 5 rings (SSSR count). The van der Waals surface area contributed by atoms with Crippen LogP contribution < -0.4 is 4.74 Å². The number of aliphatic imine (C=N–C) groups is 1. The average Bonchev–Trinajstić information content (AvgIpc) is 3.58. The lowest BCUT2D eigenvalue weighted by Crippen LogP contribution is -2.07. The molecule has 0 saturated heterocycles. The van der Waals surface area contributed by atoms with Gasteiger partial charge in [0.05, 0.1) is 24.2 Å². The quantitative estimate of drug-likeness (QED) is 0.260. The Morgan fingerprint density at radius 2 is 1.70 bits per heavy atom. The molecule has 0 bridgehead atoms. The molecule has 0 atom stereocenters. The van der Waals surface area contributed by atoms with E-state index in [1.807, 2.05) is 50.2 Å². The average molecular weight is 436 g/mol. The van der Waals surface area contributed by atoms with E-state index in [-0.39, 0.29) is 17.6 Å². The van der Waals surface area contributed by atoms with Gasteiger partial charge in [-0.2, -0.15) is 5.26 Å². The molecule has 162 valence electrons. The zero-order valence-corrected chi connectivity index (χ0v) is 18.1. The molecule has 0 fully saturated rings. The predicted molar refractivity (Wildman–Crippen MR) is 126 cm³/mol. The molecule has 0 radical (unpaired) electrons. The van der Waals surface area contributed by atoms with Gasteiger partial charge in [0, 0.05) is 11.8 Å². The molecule has 0 N–H and O–H groups in total. The normalized spacial score (nSPS) is 11.5. The molecule has 6 heteroatoms. The van der Waals surface area contributed by atoms with E-state index in [1.54, 1.807) is 43.0 Å². The molecular weight excluding hydrogens is 416 g/mol. The summed E-state index contributed by atoms with van der Waals surface area (Å²) in [5.41, 5.74) is 1.57. The van der Waals surface area contributed by atoms with Gasteiger partial charge >= 0.3 is 0 Å². The summed E-state index contributed by atoms with van der Waals surface area (Å²) in [5.74, 6) is 2.23. The summed E-state index contributed by atoms with van der Waals surface area (Å²) in [5, 5.41) is 12.0. The Bertz CT molecular complexity index is 1470. The molecule has 0 aliphatic heterocycles. The van der Waals surface area contributed by atoms with Crippen LogP contribution in [0, 0.1) is 11.3 Å². The topological polar surface area (TPSA) is 84.8 Å². The molecule has 33 heavy (non-hydrogen) atoms. The molecule has 5 aromatic rings. The SMILES string of the molecule is CC(C)Oc1ccc2ccccc2c1C=Nc1oc(-c2ccco2)c(-c2ccco2)c1C#N. The van der Waals surface area contributed by atoms with Crippen molar-refractivity contribution >= 4 is 22.9 Å². The largest absolute Gasteiger partial charge is 0.490 e. The Morgan fingerprint density at radius 3 is 2.39 bits per heavy atom. The molecule has 0 saturated carbocycles. The number of ether oxygens (including phenoxy) is 1. The van der Waals surface area contributed by atoms with Gasteiger partial charge in [0.1, 0.15) is 23.1 Å². The fourth-order valence-corrected chi connectivity index (χ4v) is 3.74. The fraction of sp³-hybridized carbons (Fsp3) is 0.111. The fourth-order valence-electron chi connectivity index (χ4n) is 3.74. The summed E-state index contributed by atoms with van der Waals surface area (Å²) < 4.78 is 23.2. The minimum atomic E-state index is -0.00675. The van der Waals surface area contributed by atoms with Gasteiger partial charge in [-0.3, -0.25) is 0 Å². The number of hydrogen-bond donors (Lipinski definition) is 0. The van der Waals surface area contributed by atoms with Gasteiger partial charge in [0.15, 0.2) is 11.5 Å². The number of nitrogens with zero attached hydrogens (tertiary/aromatic N) is 2. The summed E-state index contributed by atoms with van der Waals surface area (Å²) in [6.45, 7) is 3.95. The van der Waals surface area contributed by atoms with Gasteiger partial charge in [-0.15, -0.1) is 0 Å². The monoisotopic (exact) mass is 436 g/mol. The Balaban J connectivity index is 1.68. The molecule has 0 spiro atoms. The number of furan rings is 3. The van der Waals surface area contributed by atoms with Crippen molar-refractivity contribution in [1.29, 1.82) is 5.26 Å². The van der Waals surface area contributed by atoms with Gasteiger partial charge in [-0.25, -0.2) is 4.99 Å². The maximum Gasteiger partial charge on any atom is 0.238 e. The first-order valence-corrected chi connectivity index (χ1v) is 10.5. The summed E-state index contributed by atoms with van der Waals surface area (Å²) in [6, 6.07) is 21.2. The molecule has 3 aromatic heterocycles. The highest BCUT2D eigenvalue weighted by Crippen LogP contribution is 2.43. The second-order valence-electron chi connectivity index (χ2n) is 7.68. The lowest BCUT2D eigenvalue weighted by Gasteiger charge is -2.14. The van der Waals surface area contributed by atoms with Crippen molar-refractivity contribution < 1.29 is 18.0 Å². The van der Waals surface area contributed by atoms with Crippen LogP contribution in [0.5, 0.6) is 5.75 Å². The molecule has 0 aliphatic carbocycles. The smallest absolute Gasteiger partial charge is 0.238 e. The van der Waals surface area contributed by atoms with Crippen molar-refractivity contribution in [2.45, 2.75) is 20.0 Å². The first-order chi connectivity index (χ1) is 16.2. The second kappa shape index (κ2) is 8.56. The minimum Gasteiger partial charge on any atom is -0.490 e. The standard InChI is InChI=1S/C27H20N2O4/c1-17(2)32-22-12-11-18-7-3-4-8-19(18)21(22)16-29-27-20(15-28)25(23-9-5-13-30-23)26(33-27)24-10-6-14-31-24/h3-14,16-17H,1-2H3. The van der Waals surface area contributed by atoms with E-state index >= 15 is 0 Å². The highest BCUT2D eigenvalue weighted by atomic mass is 16.5. The summed E-state index contributed by atoms with van der Waals surface area (Å²) in [4.78, 5) is 4.59. The molecule has 2 aromatic carbocycles. The molecule has 6 nitrogen and oxygen atoms in total. The third kappa shape index (κ3) is 3.81. The van der Waals surface area contributed by atoms with Gasteiger partial charge in [-0.1, -0.05) is 30.3 Å². The van der Waals surface area contributed by atoms with Crippen LogP contribution in [-0.4, -0.2) is 12.3 Å². The van der Waals surface area contributed by atoms with Crippen LogP contribution in [0.15, 0.2) is 91.4 Å². The third-order valence-corrected chi connectivity index (χ3v) is 5.12. The van der Waals surface area contributed by atoms with Crippen molar-refractivity contribution in [3.8, 4) is 34.7 Å². The van der Waals surface area contributed by atoms with E-state index in [0.717, 1.165) is 16.3 Å². The van der Waals surface area contributed by atoms with E-state index in [2.05, 4.69) is 11.1 Å². The number of fused-ring (bicyclic) bond motifs is 1. The van der Waals surface area contributed by atoms with Gasteiger partial charge < -0.3 is 18.0 Å². The van der Waals surface area contributed by atoms with Crippen molar-refractivity contribution in [3.63, 3.8) is 0 Å². The Labute approximate surface area is 190 Å². The van der Waals surface area contributed by atoms with Gasteiger partial charge in [0.2, 0.25) is 5.88 Å². The van der Waals surface area contributed by atoms with Crippen LogP contribution in [0.3, 0.4) is 0 Å². The molecule has 0 unspecified atom stereocenters. The first kappa shape index (κ1) is 20.4. The van der Waals surface area contributed by atoms with Crippen molar-refractivity contribution in [2.75, 3.05) is 0 Å². The zero-order valence-electron chi connectivity index (χ0n) is 18.1. The maximum atomic E-state index is 9.97. The lowest BCUT2D eigenvalue weighted by atomic mass is 10.0. The van der Waals surface area contributed by atoms with E-state index in [0.29, 0.717) is 28.6 Å². The Kier molecular flexibility index (Phi) is 5.29. The highest BCUT2D eigenvalue weighted by molar-refractivity contribution is 6.03. The van der Waals surface area contributed by atoms with Crippen molar-refractivity contribution in [2.24, 2.45) is 4.99 Å². The molecular formula is C27H20N2O4. The van der Waals surface area contributed by atoms with E-state index in [1.165, 1.54) is 0 Å².